The zero-order chi connectivity index (χ0) is 20.1. The summed E-state index contributed by atoms with van der Waals surface area (Å²) in [4.78, 5) is 29.0. The molecule has 2 amide bonds. The number of piperidine rings is 1. The van der Waals surface area contributed by atoms with E-state index in [1.54, 1.807) is 9.80 Å². The van der Waals surface area contributed by atoms with Crippen molar-refractivity contribution in [2.24, 2.45) is 0 Å². The number of nitrogens with zero attached hydrogens (tertiary/aromatic N) is 2. The van der Waals surface area contributed by atoms with Crippen molar-refractivity contribution >= 4 is 12.0 Å². The molecule has 0 radical (unpaired) electrons. The maximum Gasteiger partial charge on any atom is 0.410 e. The Labute approximate surface area is 165 Å². The highest BCUT2D eigenvalue weighted by atomic mass is 16.6. The molecule has 0 saturated carbocycles. The lowest BCUT2D eigenvalue weighted by Gasteiger charge is -2.38. The maximum atomic E-state index is 13.4. The SMILES string of the molecule is CC(C)(C)OC(=O)N1CCC2(CC1)O[C@@H]1C(O)C[C@@H](c3ccccc3)N1C2=O. The van der Waals surface area contributed by atoms with Gasteiger partial charge < -0.3 is 24.4 Å². The van der Waals surface area contributed by atoms with E-state index in [4.69, 9.17) is 9.47 Å². The molecule has 3 heterocycles. The minimum Gasteiger partial charge on any atom is -0.444 e. The van der Waals surface area contributed by atoms with E-state index in [2.05, 4.69) is 0 Å². The van der Waals surface area contributed by atoms with E-state index in [1.807, 2.05) is 51.1 Å². The highest BCUT2D eigenvalue weighted by Crippen LogP contribution is 2.47. The fourth-order valence-corrected chi connectivity index (χ4v) is 4.41. The van der Waals surface area contributed by atoms with E-state index in [9.17, 15) is 14.7 Å². The average molecular weight is 388 g/mol. The van der Waals surface area contributed by atoms with Crippen LogP contribution < -0.4 is 0 Å². The van der Waals surface area contributed by atoms with Gasteiger partial charge in [0.1, 0.15) is 11.7 Å². The van der Waals surface area contributed by atoms with Gasteiger partial charge in [-0.05, 0) is 26.3 Å². The normalized spacial score (nSPS) is 29.3. The van der Waals surface area contributed by atoms with E-state index in [-0.39, 0.29) is 18.0 Å². The number of hydrogen-bond acceptors (Lipinski definition) is 5. The highest BCUT2D eigenvalue weighted by molar-refractivity contribution is 5.88. The Morgan fingerprint density at radius 2 is 1.86 bits per heavy atom. The molecule has 1 N–H and O–H groups in total. The molecule has 1 aromatic carbocycles. The first-order chi connectivity index (χ1) is 13.2. The van der Waals surface area contributed by atoms with Crippen LogP contribution in [0.1, 0.15) is 51.6 Å². The van der Waals surface area contributed by atoms with Gasteiger partial charge in [-0.3, -0.25) is 4.79 Å². The summed E-state index contributed by atoms with van der Waals surface area (Å²) in [6, 6.07) is 9.57. The molecule has 1 aromatic rings. The first-order valence-electron chi connectivity index (χ1n) is 9.92. The second kappa shape index (κ2) is 6.74. The molecule has 1 unspecified atom stereocenters. The molecule has 7 heteroatoms. The molecule has 3 saturated heterocycles. The average Bonchev–Trinajstić information content (AvgIpc) is 3.10. The number of fused-ring (bicyclic) bond motifs is 1. The van der Waals surface area contributed by atoms with Gasteiger partial charge in [0, 0.05) is 32.4 Å². The Morgan fingerprint density at radius 3 is 2.46 bits per heavy atom. The smallest absolute Gasteiger partial charge is 0.410 e. The van der Waals surface area contributed by atoms with Crippen LogP contribution in [0.2, 0.25) is 0 Å². The topological polar surface area (TPSA) is 79.3 Å². The standard InChI is InChI=1S/C21H28N2O5/c1-20(2,3)28-19(26)22-11-9-21(10-12-22)18(25)23-15(13-16(24)17(23)27-21)14-7-5-4-6-8-14/h4-8,15-17,24H,9-13H2,1-3H3/t15-,16?,17+/m0/s1. The van der Waals surface area contributed by atoms with Gasteiger partial charge in [0.25, 0.3) is 5.91 Å². The summed E-state index contributed by atoms with van der Waals surface area (Å²) in [5, 5.41) is 10.5. The number of aliphatic hydroxyl groups excluding tert-OH is 1. The van der Waals surface area contributed by atoms with E-state index in [1.165, 1.54) is 0 Å². The van der Waals surface area contributed by atoms with Gasteiger partial charge in [-0.1, -0.05) is 30.3 Å². The summed E-state index contributed by atoms with van der Waals surface area (Å²) in [6.45, 7) is 6.29. The number of amides is 2. The van der Waals surface area contributed by atoms with Gasteiger partial charge in [0.05, 0.1) is 6.04 Å². The Hall–Kier alpha value is -2.12. The summed E-state index contributed by atoms with van der Waals surface area (Å²) in [6.07, 6.45) is -0.405. The summed E-state index contributed by atoms with van der Waals surface area (Å²) in [5.74, 6) is -0.0771. The lowest BCUT2D eigenvalue weighted by Crippen LogP contribution is -2.52. The van der Waals surface area contributed by atoms with E-state index < -0.39 is 23.5 Å². The van der Waals surface area contributed by atoms with Gasteiger partial charge in [0.15, 0.2) is 11.8 Å². The van der Waals surface area contributed by atoms with Crippen LogP contribution in [0.25, 0.3) is 0 Å². The van der Waals surface area contributed by atoms with Crippen molar-refractivity contribution in [2.45, 2.75) is 69.6 Å². The quantitative estimate of drug-likeness (QED) is 0.799. The molecule has 152 valence electrons. The molecule has 3 aliphatic heterocycles. The summed E-state index contributed by atoms with van der Waals surface area (Å²) >= 11 is 0. The first-order valence-corrected chi connectivity index (χ1v) is 9.92. The zero-order valence-corrected chi connectivity index (χ0v) is 16.6. The number of rotatable bonds is 1. The van der Waals surface area contributed by atoms with Crippen LogP contribution >= 0.6 is 0 Å². The number of carbonyl (C=O) groups excluding carboxylic acids is 2. The summed E-state index contributed by atoms with van der Waals surface area (Å²) in [5.41, 5.74) is -0.511. The third-order valence-electron chi connectivity index (χ3n) is 5.78. The van der Waals surface area contributed by atoms with E-state index in [0.29, 0.717) is 32.4 Å². The van der Waals surface area contributed by atoms with Crippen molar-refractivity contribution in [1.82, 2.24) is 9.80 Å². The number of carbonyl (C=O) groups is 2. The zero-order valence-electron chi connectivity index (χ0n) is 16.6. The lowest BCUT2D eigenvalue weighted by atomic mass is 9.89. The maximum absolute atomic E-state index is 13.4. The third kappa shape index (κ3) is 3.26. The molecule has 28 heavy (non-hydrogen) atoms. The van der Waals surface area contributed by atoms with Gasteiger partial charge in [-0.25, -0.2) is 4.79 Å². The molecule has 3 fully saturated rings. The summed E-state index contributed by atoms with van der Waals surface area (Å²) < 4.78 is 11.6. The predicted molar refractivity (Wildman–Crippen MR) is 101 cm³/mol. The first kappa shape index (κ1) is 19.2. The third-order valence-corrected chi connectivity index (χ3v) is 5.78. The Balaban J connectivity index is 1.48. The minimum atomic E-state index is -0.961. The van der Waals surface area contributed by atoms with Gasteiger partial charge in [-0.15, -0.1) is 0 Å². The predicted octanol–water partition coefficient (Wildman–Crippen LogP) is 2.45. The molecule has 0 aromatic heterocycles. The Kier molecular flexibility index (Phi) is 4.62. The lowest BCUT2D eigenvalue weighted by molar-refractivity contribution is -0.145. The van der Waals surface area contributed by atoms with Crippen molar-refractivity contribution in [3.8, 4) is 0 Å². The number of likely N-dealkylation sites (tertiary alicyclic amines) is 1. The largest absolute Gasteiger partial charge is 0.444 e. The molecule has 3 atom stereocenters. The molecule has 0 bridgehead atoms. The molecule has 1 spiro atoms. The monoisotopic (exact) mass is 388 g/mol. The Bertz CT molecular complexity index is 752. The molecule has 3 aliphatic rings. The number of benzene rings is 1. The highest BCUT2D eigenvalue weighted by Gasteiger charge is 2.61. The molecule has 4 rings (SSSR count). The molecular weight excluding hydrogens is 360 g/mol. The Morgan fingerprint density at radius 1 is 1.21 bits per heavy atom. The van der Waals surface area contributed by atoms with Crippen molar-refractivity contribution in [3.63, 3.8) is 0 Å². The van der Waals surface area contributed by atoms with Crippen LogP contribution in [0, 0.1) is 0 Å². The minimum absolute atomic E-state index is 0.0771. The second-order valence-corrected chi connectivity index (χ2v) is 8.91. The number of aliphatic hydroxyl groups is 1. The van der Waals surface area contributed by atoms with E-state index >= 15 is 0 Å². The van der Waals surface area contributed by atoms with Crippen molar-refractivity contribution in [3.05, 3.63) is 35.9 Å². The van der Waals surface area contributed by atoms with Gasteiger partial charge >= 0.3 is 6.09 Å². The van der Waals surface area contributed by atoms with Crippen LogP contribution in [0.15, 0.2) is 30.3 Å². The number of ether oxygens (including phenoxy) is 2. The molecule has 0 aliphatic carbocycles. The fourth-order valence-electron chi connectivity index (χ4n) is 4.41. The van der Waals surface area contributed by atoms with Crippen LogP contribution in [0.4, 0.5) is 4.79 Å². The number of hydrogen-bond donors (Lipinski definition) is 1. The van der Waals surface area contributed by atoms with Crippen LogP contribution in [0.5, 0.6) is 0 Å². The second-order valence-electron chi connectivity index (χ2n) is 8.91. The molecular formula is C21H28N2O5. The van der Waals surface area contributed by atoms with Crippen LogP contribution in [0.3, 0.4) is 0 Å². The van der Waals surface area contributed by atoms with Crippen molar-refractivity contribution < 1.29 is 24.2 Å². The van der Waals surface area contributed by atoms with Crippen molar-refractivity contribution in [2.75, 3.05) is 13.1 Å². The fraction of sp³-hybridized carbons (Fsp3) is 0.619. The van der Waals surface area contributed by atoms with Gasteiger partial charge in [0.2, 0.25) is 0 Å². The van der Waals surface area contributed by atoms with E-state index in [0.717, 1.165) is 5.56 Å². The molecule has 7 nitrogen and oxygen atoms in total. The van der Waals surface area contributed by atoms with Crippen LogP contribution in [-0.2, 0) is 14.3 Å². The van der Waals surface area contributed by atoms with Crippen LogP contribution in [-0.4, -0.2) is 63.5 Å². The summed E-state index contributed by atoms with van der Waals surface area (Å²) in [7, 11) is 0. The van der Waals surface area contributed by atoms with Gasteiger partial charge in [-0.2, -0.15) is 0 Å². The van der Waals surface area contributed by atoms with Crippen molar-refractivity contribution in [1.29, 1.82) is 0 Å².